The van der Waals surface area contributed by atoms with Crippen LogP contribution in [-0.4, -0.2) is 29.0 Å². The monoisotopic (exact) mass is 568 g/mol. The Hall–Kier alpha value is -3.82. The van der Waals surface area contributed by atoms with Crippen LogP contribution < -0.4 is 20.8 Å². The van der Waals surface area contributed by atoms with Gasteiger partial charge in [-0.05, 0) is 86.1 Å². The Morgan fingerprint density at radius 3 is 2.39 bits per heavy atom. The number of hydrogen-bond acceptors (Lipinski definition) is 4. The zero-order valence-electron chi connectivity index (χ0n) is 19.4. The van der Waals surface area contributed by atoms with E-state index in [9.17, 15) is 14.4 Å². The first-order valence-electron chi connectivity index (χ1n) is 11.0. The summed E-state index contributed by atoms with van der Waals surface area (Å²) in [5.41, 5.74) is 5.03. The number of nitrogens with one attached hydrogen (secondary N) is 3. The van der Waals surface area contributed by atoms with Crippen LogP contribution in [0.1, 0.15) is 23.0 Å². The predicted octanol–water partition coefficient (Wildman–Crippen LogP) is 5.73. The lowest BCUT2D eigenvalue weighted by Crippen LogP contribution is -2.36. The van der Waals surface area contributed by atoms with Gasteiger partial charge < -0.3 is 15.4 Å². The molecule has 0 aliphatic rings. The quantitative estimate of drug-likeness (QED) is 0.258. The third-order valence-corrected chi connectivity index (χ3v) is 6.00. The van der Waals surface area contributed by atoms with Gasteiger partial charge in [0.05, 0.1) is 12.1 Å². The number of carbonyl (C=O) groups excluding carboxylic acids is 3. The minimum atomic E-state index is -0.954. The van der Waals surface area contributed by atoms with Gasteiger partial charge in [-0.3, -0.25) is 19.8 Å². The number of anilines is 2. The Bertz CT molecular complexity index is 1470. The van der Waals surface area contributed by atoms with Crippen molar-refractivity contribution in [1.82, 2.24) is 4.68 Å². The molecule has 1 heterocycles. The molecule has 0 spiro atoms. The van der Waals surface area contributed by atoms with Gasteiger partial charge in [0.2, 0.25) is 0 Å². The number of halogens is 2. The first-order valence-corrected chi connectivity index (χ1v) is 12.2. The highest BCUT2D eigenvalue weighted by Crippen LogP contribution is 2.25. The van der Waals surface area contributed by atoms with E-state index in [1.807, 2.05) is 26.0 Å². The molecule has 0 aliphatic carbocycles. The summed E-state index contributed by atoms with van der Waals surface area (Å²) in [4.78, 5) is 38.6. The molecule has 0 bridgehead atoms. The average Bonchev–Trinajstić information content (AvgIpc) is 3.19. The number of amides is 3. The van der Waals surface area contributed by atoms with E-state index in [1.54, 1.807) is 54.6 Å². The molecule has 4 rings (SSSR count). The van der Waals surface area contributed by atoms with Gasteiger partial charge in [0.1, 0.15) is 11.4 Å². The topological polar surface area (TPSA) is 101 Å². The first kappa shape index (κ1) is 25.3. The number of fused-ring (bicyclic) bond motifs is 1. The summed E-state index contributed by atoms with van der Waals surface area (Å²) in [7, 11) is 0. The highest BCUT2D eigenvalue weighted by atomic mass is 79.9. The lowest BCUT2D eigenvalue weighted by molar-refractivity contribution is -0.133. The molecule has 8 nitrogen and oxygen atoms in total. The van der Waals surface area contributed by atoms with E-state index in [0.717, 1.165) is 10.0 Å². The highest BCUT2D eigenvalue weighted by Gasteiger charge is 2.21. The number of carbonyl (C=O) groups is 3. The van der Waals surface area contributed by atoms with Crippen molar-refractivity contribution in [2.45, 2.75) is 13.8 Å². The summed E-state index contributed by atoms with van der Waals surface area (Å²) in [6.07, 6.45) is 0. The van der Waals surface area contributed by atoms with Crippen molar-refractivity contribution >= 4 is 67.5 Å². The molecule has 10 heteroatoms. The van der Waals surface area contributed by atoms with Crippen molar-refractivity contribution in [2.75, 3.05) is 22.7 Å². The van der Waals surface area contributed by atoms with Crippen LogP contribution in [0.5, 0.6) is 5.75 Å². The van der Waals surface area contributed by atoms with E-state index in [1.165, 1.54) is 4.68 Å². The first-order chi connectivity index (χ1) is 17.2. The number of ether oxygens (including phenoxy) is 1. The average molecular weight is 570 g/mol. The molecular weight excluding hydrogens is 548 g/mol. The Labute approximate surface area is 220 Å². The summed E-state index contributed by atoms with van der Waals surface area (Å²) in [5.74, 6) is -1.68. The molecule has 184 valence electrons. The van der Waals surface area contributed by atoms with Gasteiger partial charge in [0.25, 0.3) is 5.91 Å². The summed E-state index contributed by atoms with van der Waals surface area (Å²) in [6.45, 7) is 4.25. The molecule has 0 saturated heterocycles. The van der Waals surface area contributed by atoms with Crippen LogP contribution in [0.25, 0.3) is 10.9 Å². The van der Waals surface area contributed by atoms with Crippen molar-refractivity contribution in [3.63, 3.8) is 0 Å². The maximum atomic E-state index is 13.2. The molecule has 36 heavy (non-hydrogen) atoms. The van der Waals surface area contributed by atoms with Crippen LogP contribution in [0.2, 0.25) is 5.02 Å². The molecule has 3 aromatic carbocycles. The minimum absolute atomic E-state index is 0.122. The van der Waals surface area contributed by atoms with Crippen LogP contribution >= 0.6 is 27.5 Å². The lowest BCUT2D eigenvalue weighted by atomic mass is 10.2. The standard InChI is InChI=1S/C26H22BrClN4O4/c1-3-36-20-8-6-19(7-9-20)29-25(34)26(35)31-32-22-11-5-18(28)13-16(22)14-23(32)24(33)30-21-10-4-17(27)12-15(21)2/h4-14H,3H2,1-2H3,(H,29,34)(H,30,33)(H,31,35). The second-order valence-corrected chi connectivity index (χ2v) is 9.19. The lowest BCUT2D eigenvalue weighted by Gasteiger charge is -2.14. The van der Waals surface area contributed by atoms with E-state index in [-0.39, 0.29) is 5.69 Å². The molecule has 0 saturated carbocycles. The zero-order chi connectivity index (χ0) is 25.8. The maximum Gasteiger partial charge on any atom is 0.328 e. The van der Waals surface area contributed by atoms with Gasteiger partial charge in [0, 0.05) is 26.3 Å². The van der Waals surface area contributed by atoms with Crippen LogP contribution in [0, 0.1) is 6.92 Å². The van der Waals surface area contributed by atoms with E-state index in [4.69, 9.17) is 16.3 Å². The third kappa shape index (κ3) is 5.69. The molecular formula is C26H22BrClN4O4. The van der Waals surface area contributed by atoms with Crippen LogP contribution in [-0.2, 0) is 9.59 Å². The van der Waals surface area contributed by atoms with E-state index in [2.05, 4.69) is 32.0 Å². The summed E-state index contributed by atoms with van der Waals surface area (Å²) >= 11 is 9.53. The van der Waals surface area contributed by atoms with Crippen molar-refractivity contribution in [3.05, 3.63) is 87.5 Å². The fourth-order valence-electron chi connectivity index (χ4n) is 3.57. The van der Waals surface area contributed by atoms with Crippen molar-refractivity contribution in [2.24, 2.45) is 0 Å². The van der Waals surface area contributed by atoms with Crippen LogP contribution in [0.4, 0.5) is 11.4 Å². The SMILES string of the molecule is CCOc1ccc(NC(=O)C(=O)Nn2c(C(=O)Nc3ccc(Br)cc3C)cc3cc(Cl)ccc32)cc1. The molecule has 1 aromatic heterocycles. The number of aromatic nitrogens is 1. The third-order valence-electron chi connectivity index (χ3n) is 5.28. The smallest absolute Gasteiger partial charge is 0.328 e. The zero-order valence-corrected chi connectivity index (χ0v) is 21.7. The Balaban J connectivity index is 1.58. The predicted molar refractivity (Wildman–Crippen MR) is 144 cm³/mol. The molecule has 0 radical (unpaired) electrons. The molecule has 0 aliphatic heterocycles. The van der Waals surface area contributed by atoms with Crippen molar-refractivity contribution < 1.29 is 19.1 Å². The van der Waals surface area contributed by atoms with E-state index in [0.29, 0.717) is 39.7 Å². The fraction of sp³-hybridized carbons (Fsp3) is 0.115. The Morgan fingerprint density at radius 1 is 0.944 bits per heavy atom. The summed E-state index contributed by atoms with van der Waals surface area (Å²) in [6, 6.07) is 18.6. The number of nitrogens with zero attached hydrogens (tertiary/aromatic N) is 1. The molecule has 0 fully saturated rings. The van der Waals surface area contributed by atoms with Gasteiger partial charge in [-0.25, -0.2) is 4.68 Å². The molecule has 0 unspecified atom stereocenters. The van der Waals surface area contributed by atoms with Gasteiger partial charge in [-0.2, -0.15) is 0 Å². The molecule has 0 atom stereocenters. The summed E-state index contributed by atoms with van der Waals surface area (Å²) in [5, 5.41) is 6.47. The van der Waals surface area contributed by atoms with Gasteiger partial charge in [-0.1, -0.05) is 27.5 Å². The second kappa shape index (κ2) is 10.8. The second-order valence-electron chi connectivity index (χ2n) is 7.83. The molecule has 4 aromatic rings. The van der Waals surface area contributed by atoms with Crippen LogP contribution in [0.3, 0.4) is 0 Å². The van der Waals surface area contributed by atoms with Crippen molar-refractivity contribution in [1.29, 1.82) is 0 Å². The molecule has 3 N–H and O–H groups in total. The van der Waals surface area contributed by atoms with Gasteiger partial charge in [-0.15, -0.1) is 0 Å². The Morgan fingerprint density at radius 2 is 1.69 bits per heavy atom. The van der Waals surface area contributed by atoms with Crippen molar-refractivity contribution in [3.8, 4) is 5.75 Å². The highest BCUT2D eigenvalue weighted by molar-refractivity contribution is 9.10. The van der Waals surface area contributed by atoms with Crippen LogP contribution in [0.15, 0.2) is 71.2 Å². The van der Waals surface area contributed by atoms with E-state index < -0.39 is 17.7 Å². The van der Waals surface area contributed by atoms with Gasteiger partial charge in [0.15, 0.2) is 0 Å². The largest absolute Gasteiger partial charge is 0.494 e. The summed E-state index contributed by atoms with van der Waals surface area (Å²) < 4.78 is 7.53. The maximum absolute atomic E-state index is 13.2. The molecule has 3 amide bonds. The number of benzene rings is 3. The normalized spacial score (nSPS) is 10.7. The number of hydrogen-bond donors (Lipinski definition) is 3. The van der Waals surface area contributed by atoms with E-state index >= 15 is 0 Å². The number of aryl methyl sites for hydroxylation is 1. The minimum Gasteiger partial charge on any atom is -0.494 e. The number of rotatable bonds is 6. The van der Waals surface area contributed by atoms with Gasteiger partial charge >= 0.3 is 11.8 Å². The Kier molecular flexibility index (Phi) is 7.61. The fourth-order valence-corrected chi connectivity index (χ4v) is 4.22.